The minimum Gasteiger partial charge on any atom is -0.389 e. The van der Waals surface area contributed by atoms with Gasteiger partial charge in [-0.05, 0) is 75.0 Å². The molecule has 0 unspecified atom stereocenters. The third-order valence-electron chi connectivity index (χ3n) is 8.65. The van der Waals surface area contributed by atoms with Crippen LogP contribution in [0.2, 0.25) is 0 Å². The summed E-state index contributed by atoms with van der Waals surface area (Å²) in [6, 6.07) is 0. The van der Waals surface area contributed by atoms with Crippen LogP contribution in [0.5, 0.6) is 0 Å². The SMILES string of the molecule is C[C@]12CC[C@@H]3[C@H](CC[C@]45C[C@@H]4CC[C@@]35O)[C@H]1CCC2=O. The van der Waals surface area contributed by atoms with E-state index in [4.69, 9.17) is 0 Å². The molecule has 0 heterocycles. The molecule has 0 aromatic heterocycles. The Morgan fingerprint density at radius 3 is 2.70 bits per heavy atom. The molecule has 0 aromatic rings. The summed E-state index contributed by atoms with van der Waals surface area (Å²) in [5.74, 6) is 3.08. The second kappa shape index (κ2) is 3.34. The van der Waals surface area contributed by atoms with Crippen molar-refractivity contribution in [3.63, 3.8) is 0 Å². The van der Waals surface area contributed by atoms with Gasteiger partial charge in [0, 0.05) is 17.3 Å². The van der Waals surface area contributed by atoms with Gasteiger partial charge in [0.2, 0.25) is 0 Å². The maximum atomic E-state index is 12.3. The lowest BCUT2D eigenvalue weighted by Gasteiger charge is -2.56. The molecular weight excluding hydrogens is 248 g/mol. The topological polar surface area (TPSA) is 37.3 Å². The van der Waals surface area contributed by atoms with E-state index < -0.39 is 0 Å². The van der Waals surface area contributed by atoms with E-state index in [0.717, 1.165) is 38.0 Å². The normalized spacial score (nSPS) is 63.4. The van der Waals surface area contributed by atoms with Crippen LogP contribution in [0.3, 0.4) is 0 Å². The van der Waals surface area contributed by atoms with Gasteiger partial charge < -0.3 is 5.11 Å². The second-order valence-corrected chi connectivity index (χ2v) is 8.85. The molecule has 5 aliphatic rings. The quantitative estimate of drug-likeness (QED) is 0.735. The zero-order valence-electron chi connectivity index (χ0n) is 12.5. The smallest absolute Gasteiger partial charge is 0.139 e. The molecule has 5 saturated carbocycles. The van der Waals surface area contributed by atoms with Crippen molar-refractivity contribution >= 4 is 5.78 Å². The maximum absolute atomic E-state index is 12.3. The number of carbonyl (C=O) groups is 1. The van der Waals surface area contributed by atoms with Gasteiger partial charge >= 0.3 is 0 Å². The molecule has 5 rings (SSSR count). The molecule has 20 heavy (non-hydrogen) atoms. The van der Waals surface area contributed by atoms with Gasteiger partial charge in [-0.2, -0.15) is 0 Å². The third-order valence-corrected chi connectivity index (χ3v) is 8.65. The Morgan fingerprint density at radius 2 is 1.90 bits per heavy atom. The van der Waals surface area contributed by atoms with Crippen LogP contribution in [0, 0.1) is 34.5 Å². The van der Waals surface area contributed by atoms with Crippen molar-refractivity contribution in [1.82, 2.24) is 0 Å². The van der Waals surface area contributed by atoms with Crippen molar-refractivity contribution in [1.29, 1.82) is 0 Å². The molecule has 0 bridgehead atoms. The molecule has 110 valence electrons. The van der Waals surface area contributed by atoms with Gasteiger partial charge in [0.15, 0.2) is 0 Å². The molecule has 7 atom stereocenters. The number of Topliss-reactive ketones (excluding diaryl/α,β-unsaturated/α-hetero) is 1. The maximum Gasteiger partial charge on any atom is 0.139 e. The van der Waals surface area contributed by atoms with E-state index >= 15 is 0 Å². The predicted octanol–water partition coefficient (Wildman–Crippen LogP) is 3.32. The lowest BCUT2D eigenvalue weighted by Crippen LogP contribution is -2.57. The monoisotopic (exact) mass is 274 g/mol. The molecule has 1 N–H and O–H groups in total. The molecule has 1 spiro atoms. The largest absolute Gasteiger partial charge is 0.389 e. The summed E-state index contributed by atoms with van der Waals surface area (Å²) in [4.78, 5) is 12.3. The fraction of sp³-hybridized carbons (Fsp3) is 0.944. The molecule has 0 radical (unpaired) electrons. The molecule has 5 fully saturated rings. The number of hydrogen-bond acceptors (Lipinski definition) is 2. The first-order chi connectivity index (χ1) is 9.51. The Hall–Kier alpha value is -0.370. The Labute approximate surface area is 121 Å². The summed E-state index contributed by atoms with van der Waals surface area (Å²) < 4.78 is 0. The highest BCUT2D eigenvalue weighted by atomic mass is 16.3. The van der Waals surface area contributed by atoms with Crippen molar-refractivity contribution in [3.8, 4) is 0 Å². The Bertz CT molecular complexity index is 500. The molecule has 2 heteroatoms. The van der Waals surface area contributed by atoms with Crippen LogP contribution in [0.1, 0.15) is 64.7 Å². The standard InChI is InChI=1S/C18H26O2/c1-16-7-6-14-12(13(16)2-3-15(16)19)5-8-17-10-11(17)4-9-18(14,17)20/h11-14,20H,2-10H2,1H3/t11-,12+,13+,14+,16-,17-,18+/m0/s1. The molecule has 0 aromatic carbocycles. The minimum absolute atomic E-state index is 0.0381. The number of hydrogen-bond donors (Lipinski definition) is 1. The van der Waals surface area contributed by atoms with Gasteiger partial charge in [0.25, 0.3) is 0 Å². The summed E-state index contributed by atoms with van der Waals surface area (Å²) in [6.45, 7) is 2.23. The average Bonchev–Trinajstić information content (AvgIpc) is 2.96. The Morgan fingerprint density at radius 1 is 1.05 bits per heavy atom. The van der Waals surface area contributed by atoms with Gasteiger partial charge in [-0.15, -0.1) is 0 Å². The summed E-state index contributed by atoms with van der Waals surface area (Å²) in [7, 11) is 0. The van der Waals surface area contributed by atoms with Crippen molar-refractivity contribution in [2.75, 3.05) is 0 Å². The van der Waals surface area contributed by atoms with Crippen molar-refractivity contribution < 1.29 is 9.90 Å². The van der Waals surface area contributed by atoms with Crippen LogP contribution in [-0.2, 0) is 4.79 Å². The highest BCUT2D eigenvalue weighted by molar-refractivity contribution is 5.87. The summed E-state index contributed by atoms with van der Waals surface area (Å²) >= 11 is 0. The van der Waals surface area contributed by atoms with E-state index in [1.54, 1.807) is 0 Å². The van der Waals surface area contributed by atoms with E-state index in [1.807, 2.05) is 0 Å². The fourth-order valence-corrected chi connectivity index (χ4v) is 7.49. The summed E-state index contributed by atoms with van der Waals surface area (Å²) in [5.41, 5.74) is -0.0678. The molecular formula is C18H26O2. The predicted molar refractivity (Wildman–Crippen MR) is 76.0 cm³/mol. The van der Waals surface area contributed by atoms with Crippen molar-refractivity contribution in [2.24, 2.45) is 34.5 Å². The number of rotatable bonds is 0. The molecule has 0 aliphatic heterocycles. The minimum atomic E-state index is -0.354. The lowest BCUT2D eigenvalue weighted by atomic mass is 9.50. The van der Waals surface area contributed by atoms with E-state index in [2.05, 4.69) is 6.92 Å². The third kappa shape index (κ3) is 1.10. The van der Waals surface area contributed by atoms with Crippen LogP contribution in [-0.4, -0.2) is 16.5 Å². The van der Waals surface area contributed by atoms with Crippen LogP contribution in [0.15, 0.2) is 0 Å². The fourth-order valence-electron chi connectivity index (χ4n) is 7.49. The van der Waals surface area contributed by atoms with Gasteiger partial charge in [-0.1, -0.05) is 6.92 Å². The number of aliphatic hydroxyl groups is 1. The first kappa shape index (κ1) is 12.2. The highest BCUT2D eigenvalue weighted by Gasteiger charge is 2.75. The van der Waals surface area contributed by atoms with E-state index in [9.17, 15) is 9.90 Å². The van der Waals surface area contributed by atoms with E-state index in [0.29, 0.717) is 29.0 Å². The second-order valence-electron chi connectivity index (χ2n) is 8.85. The van der Waals surface area contributed by atoms with E-state index in [-0.39, 0.29) is 11.0 Å². The molecule has 0 saturated heterocycles. The number of carbonyl (C=O) groups excluding carboxylic acids is 1. The van der Waals surface area contributed by atoms with Crippen molar-refractivity contribution in [2.45, 2.75) is 70.3 Å². The van der Waals surface area contributed by atoms with Gasteiger partial charge in [-0.3, -0.25) is 4.79 Å². The highest BCUT2D eigenvalue weighted by Crippen LogP contribution is 2.77. The number of fused-ring (bicyclic) bond motifs is 4. The summed E-state index contributed by atoms with van der Waals surface area (Å²) in [6.07, 6.45) is 10.2. The Kier molecular flexibility index (Phi) is 2.04. The van der Waals surface area contributed by atoms with Crippen LogP contribution in [0.25, 0.3) is 0 Å². The van der Waals surface area contributed by atoms with Crippen LogP contribution >= 0.6 is 0 Å². The molecule has 2 nitrogen and oxygen atoms in total. The average molecular weight is 274 g/mol. The van der Waals surface area contributed by atoms with Crippen LogP contribution in [0.4, 0.5) is 0 Å². The zero-order chi connectivity index (χ0) is 13.8. The summed E-state index contributed by atoms with van der Waals surface area (Å²) in [5, 5.41) is 11.5. The molecule has 5 aliphatic carbocycles. The Balaban J connectivity index is 1.54. The van der Waals surface area contributed by atoms with Gasteiger partial charge in [0.1, 0.15) is 5.78 Å². The zero-order valence-corrected chi connectivity index (χ0v) is 12.5. The first-order valence-electron chi connectivity index (χ1n) is 8.77. The van der Waals surface area contributed by atoms with Gasteiger partial charge in [0.05, 0.1) is 5.60 Å². The van der Waals surface area contributed by atoms with Gasteiger partial charge in [-0.25, -0.2) is 0 Å². The molecule has 0 amide bonds. The lowest BCUT2D eigenvalue weighted by molar-refractivity contribution is -0.165. The first-order valence-corrected chi connectivity index (χ1v) is 8.77. The van der Waals surface area contributed by atoms with Crippen molar-refractivity contribution in [3.05, 3.63) is 0 Å². The van der Waals surface area contributed by atoms with E-state index in [1.165, 1.54) is 25.7 Å². The van der Waals surface area contributed by atoms with Crippen LogP contribution < -0.4 is 0 Å². The number of ketones is 1.